The van der Waals surface area contributed by atoms with E-state index in [2.05, 4.69) is 28.8 Å². The van der Waals surface area contributed by atoms with E-state index in [-0.39, 0.29) is 10.6 Å². The highest BCUT2D eigenvalue weighted by Gasteiger charge is 2.08. The summed E-state index contributed by atoms with van der Waals surface area (Å²) in [5, 5.41) is 11.0. The molecule has 1 heterocycles. The smallest absolute Gasteiger partial charge is 0.212 e. The molecule has 0 saturated carbocycles. The number of benzene rings is 3. The van der Waals surface area contributed by atoms with Gasteiger partial charge in [-0.25, -0.2) is 8.42 Å². The summed E-state index contributed by atoms with van der Waals surface area (Å²) in [4.78, 5) is -0.247. The van der Waals surface area contributed by atoms with E-state index in [0.29, 0.717) is 10.8 Å². The summed E-state index contributed by atoms with van der Waals surface area (Å²) in [5.41, 5.74) is 3.23. The van der Waals surface area contributed by atoms with Crippen LogP contribution in [0.1, 0.15) is 11.3 Å². The Morgan fingerprint density at radius 3 is 2.30 bits per heavy atom. The first kappa shape index (κ1) is 24.3. The molecule has 4 rings (SSSR count). The van der Waals surface area contributed by atoms with Crippen molar-refractivity contribution in [1.82, 2.24) is 0 Å². The molecule has 0 radical (unpaired) electrons. The Bertz CT molecular complexity index is 1400. The molecule has 33 heavy (non-hydrogen) atoms. The summed E-state index contributed by atoms with van der Waals surface area (Å²) in [5.74, 6) is 0.618. The maximum atomic E-state index is 10.4. The van der Waals surface area contributed by atoms with Gasteiger partial charge >= 0.3 is 0 Å². The number of fused-ring (bicyclic) bond motifs is 1. The van der Waals surface area contributed by atoms with E-state index in [4.69, 9.17) is 16.3 Å². The molecular weight excluding hydrogens is 462 g/mol. The number of aromatic hydroxyl groups is 1. The molecule has 0 amide bonds. The van der Waals surface area contributed by atoms with Crippen molar-refractivity contribution >= 4 is 44.8 Å². The fraction of sp³-hybridized carbons (Fsp3) is 0.0800. The summed E-state index contributed by atoms with van der Waals surface area (Å²) >= 11 is 5.92. The van der Waals surface area contributed by atoms with Crippen LogP contribution in [-0.2, 0) is 17.2 Å². The van der Waals surface area contributed by atoms with Gasteiger partial charge in [-0.15, -0.1) is 0 Å². The molecule has 4 aromatic rings. The zero-order valence-corrected chi connectivity index (χ0v) is 19.5. The summed E-state index contributed by atoms with van der Waals surface area (Å²) in [6, 6.07) is 22.9. The van der Waals surface area contributed by atoms with Crippen LogP contribution in [0.25, 0.3) is 23.1 Å². The van der Waals surface area contributed by atoms with Crippen LogP contribution in [0.5, 0.6) is 11.5 Å². The number of phenols is 1. The van der Waals surface area contributed by atoms with Crippen molar-refractivity contribution in [3.05, 3.63) is 95.1 Å². The average molecular weight is 484 g/mol. The molecule has 6 nitrogen and oxygen atoms in total. The highest BCUT2D eigenvalue weighted by Crippen LogP contribution is 2.24. The van der Waals surface area contributed by atoms with Gasteiger partial charge in [0.1, 0.15) is 28.7 Å². The van der Waals surface area contributed by atoms with Gasteiger partial charge in [-0.2, -0.15) is 4.57 Å². The molecule has 0 spiro atoms. The molecule has 0 atom stereocenters. The Balaban J connectivity index is 0.000000218. The number of nitrogens with zero attached hydrogens (tertiary/aromatic N) is 1. The predicted molar refractivity (Wildman–Crippen MR) is 128 cm³/mol. The van der Waals surface area contributed by atoms with Gasteiger partial charge < -0.3 is 14.4 Å². The van der Waals surface area contributed by atoms with Crippen molar-refractivity contribution in [2.75, 3.05) is 7.11 Å². The topological polar surface area (TPSA) is 90.5 Å². The van der Waals surface area contributed by atoms with E-state index in [1.165, 1.54) is 42.3 Å². The van der Waals surface area contributed by atoms with Crippen molar-refractivity contribution < 1.29 is 27.4 Å². The Kier molecular flexibility index (Phi) is 7.71. The van der Waals surface area contributed by atoms with Gasteiger partial charge in [0.05, 0.1) is 17.0 Å². The third-order valence-electron chi connectivity index (χ3n) is 4.89. The van der Waals surface area contributed by atoms with Crippen molar-refractivity contribution in [1.29, 1.82) is 0 Å². The van der Waals surface area contributed by atoms with Crippen LogP contribution in [0.3, 0.4) is 0 Å². The minimum Gasteiger partial charge on any atom is -0.744 e. The molecule has 0 aliphatic rings. The van der Waals surface area contributed by atoms with Crippen LogP contribution in [0, 0.1) is 0 Å². The summed E-state index contributed by atoms with van der Waals surface area (Å²) < 4.78 is 38.2. The molecule has 8 heteroatoms. The van der Waals surface area contributed by atoms with Gasteiger partial charge in [-0.3, -0.25) is 0 Å². The first-order valence-corrected chi connectivity index (χ1v) is 11.6. The lowest BCUT2D eigenvalue weighted by Crippen LogP contribution is -2.32. The summed E-state index contributed by atoms with van der Waals surface area (Å²) in [6.45, 7) is 0. The second-order valence-corrected chi connectivity index (χ2v) is 8.84. The van der Waals surface area contributed by atoms with Crippen LogP contribution >= 0.6 is 11.6 Å². The largest absolute Gasteiger partial charge is 0.744 e. The Morgan fingerprint density at radius 1 is 0.970 bits per heavy atom. The molecule has 0 fully saturated rings. The van der Waals surface area contributed by atoms with Crippen LogP contribution in [-0.4, -0.2) is 25.2 Å². The lowest BCUT2D eigenvalue weighted by Gasteiger charge is -2.06. The van der Waals surface area contributed by atoms with E-state index in [9.17, 15) is 18.1 Å². The molecule has 0 aliphatic heterocycles. The molecule has 3 aromatic carbocycles. The first-order chi connectivity index (χ1) is 15.7. The van der Waals surface area contributed by atoms with E-state index >= 15 is 0 Å². The highest BCUT2D eigenvalue weighted by atomic mass is 35.5. The van der Waals surface area contributed by atoms with Crippen LogP contribution in [0.15, 0.2) is 83.8 Å². The fourth-order valence-electron chi connectivity index (χ4n) is 3.08. The number of para-hydroxylation sites is 1. The summed E-state index contributed by atoms with van der Waals surface area (Å²) in [7, 11) is -0.827. The molecule has 0 bridgehead atoms. The molecule has 1 N–H and O–H groups in total. The lowest BCUT2D eigenvalue weighted by molar-refractivity contribution is -0.646. The molecule has 1 aromatic heterocycles. The van der Waals surface area contributed by atoms with E-state index in [1.54, 1.807) is 12.1 Å². The SMILES string of the molecule is COc1ccc(S(=O)(=O)[O-])cc1.C[n+]1c(C=Cc2ccc(O)c(Cl)c2)ccc2ccccc21. The number of halogens is 1. The first-order valence-electron chi connectivity index (χ1n) is 9.83. The molecule has 0 unspecified atom stereocenters. The second kappa shape index (κ2) is 10.5. The third kappa shape index (κ3) is 6.32. The minimum absolute atomic E-state index is 0.102. The number of ether oxygens (including phenoxy) is 1. The normalized spacial score (nSPS) is 11.3. The zero-order chi connectivity index (χ0) is 24.0. The highest BCUT2D eigenvalue weighted by molar-refractivity contribution is 7.85. The number of pyridine rings is 1. The van der Waals surface area contributed by atoms with Crippen LogP contribution in [0.4, 0.5) is 0 Å². The minimum atomic E-state index is -4.33. The van der Waals surface area contributed by atoms with Crippen molar-refractivity contribution in [3.63, 3.8) is 0 Å². The average Bonchev–Trinajstić information content (AvgIpc) is 2.81. The molecule has 0 saturated heterocycles. The van der Waals surface area contributed by atoms with Crippen molar-refractivity contribution in [3.8, 4) is 11.5 Å². The van der Waals surface area contributed by atoms with Crippen molar-refractivity contribution in [2.24, 2.45) is 7.05 Å². The number of phenolic OH excluding ortho intramolecular Hbond substituents is 1. The Hall–Kier alpha value is -3.39. The number of aryl methyl sites for hydroxylation is 1. The standard InChI is InChI=1S/C18H14ClNO.C7H8O4S/c1-20-15(10-8-14-4-2-3-5-17(14)20)9-6-13-7-11-18(21)16(19)12-13;1-11-6-2-4-7(5-3-6)12(8,9)10/h2-12H,1H3;2-5H,1H3,(H,8,9,10). The molecule has 170 valence electrons. The van der Waals surface area contributed by atoms with Gasteiger partial charge in [-0.1, -0.05) is 29.8 Å². The van der Waals surface area contributed by atoms with Crippen LogP contribution in [0.2, 0.25) is 5.02 Å². The van der Waals surface area contributed by atoms with Gasteiger partial charge in [-0.05, 0) is 60.2 Å². The fourth-order valence-corrected chi connectivity index (χ4v) is 3.74. The maximum absolute atomic E-state index is 10.4. The molecular formula is C25H22ClNO5S. The number of hydrogen-bond acceptors (Lipinski definition) is 5. The summed E-state index contributed by atoms with van der Waals surface area (Å²) in [6.07, 6.45) is 4.02. The molecule has 0 aliphatic carbocycles. The number of rotatable bonds is 4. The second-order valence-electron chi connectivity index (χ2n) is 7.05. The zero-order valence-electron chi connectivity index (χ0n) is 18.0. The monoisotopic (exact) mass is 483 g/mol. The Morgan fingerprint density at radius 2 is 1.67 bits per heavy atom. The van der Waals surface area contributed by atoms with E-state index < -0.39 is 10.1 Å². The number of methoxy groups -OCH3 is 1. The third-order valence-corrected chi connectivity index (χ3v) is 6.04. The number of aromatic nitrogens is 1. The van der Waals surface area contributed by atoms with Gasteiger partial charge in [0.25, 0.3) is 0 Å². The number of hydrogen-bond donors (Lipinski definition) is 1. The quantitative estimate of drug-likeness (QED) is 0.333. The van der Waals surface area contributed by atoms with E-state index in [1.807, 2.05) is 37.4 Å². The van der Waals surface area contributed by atoms with E-state index in [0.717, 1.165) is 11.3 Å². The van der Waals surface area contributed by atoms with Gasteiger partial charge in [0.2, 0.25) is 11.2 Å². The van der Waals surface area contributed by atoms with Crippen molar-refractivity contribution in [2.45, 2.75) is 4.90 Å². The lowest BCUT2D eigenvalue weighted by atomic mass is 10.1. The predicted octanol–water partition coefficient (Wildman–Crippen LogP) is 4.79. The Labute approximate surface area is 197 Å². The van der Waals surface area contributed by atoms with Gasteiger partial charge in [0.15, 0.2) is 0 Å². The maximum Gasteiger partial charge on any atom is 0.212 e. The van der Waals surface area contributed by atoms with Gasteiger partial charge in [0, 0.05) is 23.6 Å². The van der Waals surface area contributed by atoms with Crippen LogP contribution < -0.4 is 9.30 Å².